The van der Waals surface area contributed by atoms with E-state index in [2.05, 4.69) is 58.7 Å². The second kappa shape index (κ2) is 20.8. The Labute approximate surface area is 148 Å². The first-order valence-electron chi connectivity index (χ1n) is 8.21. The van der Waals surface area contributed by atoms with Crippen molar-refractivity contribution in [1.82, 2.24) is 0 Å². The lowest BCUT2D eigenvalue weighted by molar-refractivity contribution is 0.535. The smallest absolute Gasteiger partial charge is 0.0255 e. The topological polar surface area (TPSA) is 0 Å². The van der Waals surface area contributed by atoms with Crippen molar-refractivity contribution in [2.24, 2.45) is 11.8 Å². The van der Waals surface area contributed by atoms with E-state index in [1.165, 1.54) is 63.7 Å². The van der Waals surface area contributed by atoms with Gasteiger partial charge in [0.2, 0.25) is 0 Å². The molecule has 2 unspecified atom stereocenters. The summed E-state index contributed by atoms with van der Waals surface area (Å²) in [5.41, 5.74) is 0. The third kappa shape index (κ3) is 28.0. The van der Waals surface area contributed by atoms with Crippen LogP contribution < -0.4 is 0 Å². The second-order valence-electron chi connectivity index (χ2n) is 6.25. The molecule has 0 amide bonds. The SMILES string of the molecule is CC(C)CCCCCPBr.CC(C)CCCCCPBr. The van der Waals surface area contributed by atoms with Gasteiger partial charge in [-0.15, -0.1) is 0 Å². The molecular formula is C16H36Br2P2. The first-order chi connectivity index (χ1) is 9.54. The molecule has 0 N–H and O–H groups in total. The summed E-state index contributed by atoms with van der Waals surface area (Å²) in [5.74, 6) is 1.79. The van der Waals surface area contributed by atoms with Gasteiger partial charge < -0.3 is 0 Å². The van der Waals surface area contributed by atoms with Crippen LogP contribution in [0.25, 0.3) is 0 Å². The molecule has 20 heavy (non-hydrogen) atoms. The normalized spacial score (nSPS) is 12.0. The molecule has 0 aromatic heterocycles. The molecule has 0 rings (SSSR count). The van der Waals surface area contributed by atoms with E-state index in [0.29, 0.717) is 0 Å². The van der Waals surface area contributed by atoms with Crippen LogP contribution in [0.15, 0.2) is 0 Å². The van der Waals surface area contributed by atoms with Gasteiger partial charge >= 0.3 is 0 Å². The summed E-state index contributed by atoms with van der Waals surface area (Å²) in [5, 5.41) is 0. The van der Waals surface area contributed by atoms with Crippen LogP contribution in [-0.4, -0.2) is 12.3 Å². The molecule has 124 valence electrons. The zero-order chi connectivity index (χ0) is 15.6. The molecule has 0 bridgehead atoms. The van der Waals surface area contributed by atoms with Crippen molar-refractivity contribution in [2.45, 2.75) is 79.1 Å². The molecule has 0 spiro atoms. The Hall–Kier alpha value is 1.82. The molecule has 0 aliphatic heterocycles. The molecule has 0 aromatic carbocycles. The fourth-order valence-corrected chi connectivity index (χ4v) is 4.29. The van der Waals surface area contributed by atoms with Crippen LogP contribution in [0.2, 0.25) is 0 Å². The van der Waals surface area contributed by atoms with Crippen molar-refractivity contribution >= 4 is 45.5 Å². The summed E-state index contributed by atoms with van der Waals surface area (Å²) in [6.07, 6.45) is 14.1. The molecule has 0 saturated heterocycles. The number of hydrogen-bond acceptors (Lipinski definition) is 0. The molecule has 0 nitrogen and oxygen atoms in total. The molecule has 0 aromatic rings. The van der Waals surface area contributed by atoms with E-state index in [1.807, 2.05) is 0 Å². The van der Waals surface area contributed by atoms with Crippen LogP contribution in [0, 0.1) is 11.8 Å². The highest BCUT2D eigenvalue weighted by atomic mass is 79.9. The molecule has 2 atom stereocenters. The summed E-state index contributed by atoms with van der Waals surface area (Å²) < 4.78 is 0. The summed E-state index contributed by atoms with van der Waals surface area (Å²) in [6.45, 7) is 9.19. The Morgan fingerprint density at radius 1 is 0.600 bits per heavy atom. The maximum atomic E-state index is 3.46. The van der Waals surface area contributed by atoms with Crippen LogP contribution in [0.3, 0.4) is 0 Å². The van der Waals surface area contributed by atoms with Gasteiger partial charge in [0, 0.05) is 0 Å². The fourth-order valence-electron chi connectivity index (χ4n) is 1.84. The molecular weight excluding hydrogens is 414 g/mol. The van der Waals surface area contributed by atoms with E-state index in [4.69, 9.17) is 0 Å². The van der Waals surface area contributed by atoms with Crippen LogP contribution in [0.4, 0.5) is 0 Å². The van der Waals surface area contributed by atoms with E-state index < -0.39 is 0 Å². The van der Waals surface area contributed by atoms with Crippen molar-refractivity contribution in [3.8, 4) is 0 Å². The Balaban J connectivity index is 0. The highest BCUT2D eigenvalue weighted by Crippen LogP contribution is 2.22. The number of unbranched alkanes of at least 4 members (excludes halogenated alkanes) is 4. The standard InChI is InChI=1S/2C8H18BrP/c2*1-8(2)6-4-3-5-7-10-9/h2*8,10H,3-7H2,1-2H3. The minimum absolute atomic E-state index is 0.895. The third-order valence-electron chi connectivity index (χ3n) is 3.11. The lowest BCUT2D eigenvalue weighted by Gasteiger charge is -2.02. The second-order valence-corrected chi connectivity index (χ2v) is 11.2. The van der Waals surface area contributed by atoms with Crippen molar-refractivity contribution in [1.29, 1.82) is 0 Å². The Bertz CT molecular complexity index is 147. The van der Waals surface area contributed by atoms with Gasteiger partial charge in [0.25, 0.3) is 0 Å². The van der Waals surface area contributed by atoms with E-state index in [9.17, 15) is 0 Å². The monoisotopic (exact) mass is 448 g/mol. The highest BCUT2D eigenvalue weighted by Gasteiger charge is 1.93. The van der Waals surface area contributed by atoms with Gasteiger partial charge in [0.1, 0.15) is 0 Å². The Kier molecular flexibility index (Phi) is 25.1. The minimum Gasteiger partial charge on any atom is -0.0642 e. The van der Waals surface area contributed by atoms with Gasteiger partial charge in [0.15, 0.2) is 0 Å². The van der Waals surface area contributed by atoms with Gasteiger partial charge in [0.05, 0.1) is 0 Å². The van der Waals surface area contributed by atoms with Crippen molar-refractivity contribution in [3.63, 3.8) is 0 Å². The van der Waals surface area contributed by atoms with E-state index in [1.54, 1.807) is 0 Å². The van der Waals surface area contributed by atoms with Crippen LogP contribution in [0.1, 0.15) is 79.1 Å². The van der Waals surface area contributed by atoms with Gasteiger partial charge in [-0.2, -0.15) is 0 Å². The Morgan fingerprint density at radius 3 is 1.20 bits per heavy atom. The molecule has 0 radical (unpaired) electrons. The van der Waals surface area contributed by atoms with Gasteiger partial charge in [-0.3, -0.25) is 0 Å². The van der Waals surface area contributed by atoms with Crippen molar-refractivity contribution in [2.75, 3.05) is 12.3 Å². The first-order valence-corrected chi connectivity index (χ1v) is 15.1. The minimum atomic E-state index is 0.895. The molecule has 0 fully saturated rings. The average Bonchev–Trinajstić information content (AvgIpc) is 2.38. The largest absolute Gasteiger partial charge is 0.0642 e. The lowest BCUT2D eigenvalue weighted by atomic mass is 10.1. The van der Waals surface area contributed by atoms with Crippen molar-refractivity contribution in [3.05, 3.63) is 0 Å². The number of rotatable bonds is 12. The number of halogens is 2. The van der Waals surface area contributed by atoms with Crippen LogP contribution in [-0.2, 0) is 0 Å². The van der Waals surface area contributed by atoms with Gasteiger partial charge in [-0.05, 0) is 37.0 Å². The summed E-state index contributed by atoms with van der Waals surface area (Å²) in [7, 11) is 1.95. The molecule has 0 aliphatic rings. The lowest BCUT2D eigenvalue weighted by Crippen LogP contribution is -1.86. The predicted molar refractivity (Wildman–Crippen MR) is 111 cm³/mol. The zero-order valence-corrected chi connectivity index (χ0v) is 19.2. The maximum Gasteiger partial charge on any atom is -0.0255 e. The Morgan fingerprint density at radius 2 is 0.950 bits per heavy atom. The summed E-state index contributed by atoms with van der Waals surface area (Å²) >= 11 is 6.92. The molecule has 0 saturated carbocycles. The maximum absolute atomic E-state index is 3.46. The summed E-state index contributed by atoms with van der Waals surface area (Å²) in [4.78, 5) is 0. The van der Waals surface area contributed by atoms with Gasteiger partial charge in [-0.1, -0.05) is 112 Å². The van der Waals surface area contributed by atoms with E-state index >= 15 is 0 Å². The highest BCUT2D eigenvalue weighted by molar-refractivity contribution is 9.37. The average molecular weight is 450 g/mol. The predicted octanol–water partition coefficient (Wildman–Crippen LogP) is 8.38. The quantitative estimate of drug-likeness (QED) is 0.207. The van der Waals surface area contributed by atoms with Crippen LogP contribution in [0.5, 0.6) is 0 Å². The van der Waals surface area contributed by atoms with Gasteiger partial charge in [-0.25, -0.2) is 0 Å². The third-order valence-corrected chi connectivity index (χ3v) is 6.57. The molecule has 0 aliphatic carbocycles. The van der Waals surface area contributed by atoms with Crippen LogP contribution >= 0.6 is 45.5 Å². The molecule has 0 heterocycles. The molecule has 4 heteroatoms. The number of hydrogen-bond donors (Lipinski definition) is 0. The first kappa shape index (κ1) is 24.1. The van der Waals surface area contributed by atoms with Crippen molar-refractivity contribution < 1.29 is 0 Å². The van der Waals surface area contributed by atoms with E-state index in [0.717, 1.165) is 26.4 Å². The fraction of sp³-hybridized carbons (Fsp3) is 1.00. The summed E-state index contributed by atoms with van der Waals surface area (Å²) in [6, 6.07) is 0. The zero-order valence-electron chi connectivity index (χ0n) is 14.0. The van der Waals surface area contributed by atoms with E-state index in [-0.39, 0.29) is 0 Å².